The van der Waals surface area contributed by atoms with Gasteiger partial charge in [0.05, 0.1) is 5.56 Å². The summed E-state index contributed by atoms with van der Waals surface area (Å²) in [5, 5.41) is 0. The molecular formula is C6H5F2IN2O. The molecule has 0 fully saturated rings. The molecule has 1 rings (SSSR count). The van der Waals surface area contributed by atoms with E-state index in [4.69, 9.17) is 5.73 Å². The van der Waals surface area contributed by atoms with Crippen LogP contribution >= 0.6 is 22.6 Å². The smallest absolute Gasteiger partial charge is 0.268 e. The number of nitrogen functional groups attached to an aromatic ring is 1. The number of hydrogen-bond acceptors (Lipinski definition) is 2. The van der Waals surface area contributed by atoms with Crippen molar-refractivity contribution in [3.63, 3.8) is 0 Å². The van der Waals surface area contributed by atoms with Crippen LogP contribution in [-0.2, 0) is 0 Å². The summed E-state index contributed by atoms with van der Waals surface area (Å²) in [4.78, 5) is 12.8. The molecular weight excluding hydrogens is 281 g/mol. The normalized spacial score (nSPS) is 10.7. The van der Waals surface area contributed by atoms with E-state index in [1.54, 1.807) is 22.6 Å². The molecule has 0 atom stereocenters. The van der Waals surface area contributed by atoms with Gasteiger partial charge in [-0.2, -0.15) is 0 Å². The molecule has 0 spiro atoms. The molecule has 1 aromatic rings. The van der Waals surface area contributed by atoms with Crippen molar-refractivity contribution in [2.24, 2.45) is 0 Å². The lowest BCUT2D eigenvalue weighted by Crippen LogP contribution is -2.12. The van der Waals surface area contributed by atoms with E-state index in [0.717, 1.165) is 6.07 Å². The van der Waals surface area contributed by atoms with Crippen LogP contribution in [0.5, 0.6) is 0 Å². The maximum absolute atomic E-state index is 12.2. The van der Waals surface area contributed by atoms with Crippen molar-refractivity contribution in [3.8, 4) is 0 Å². The van der Waals surface area contributed by atoms with Crippen LogP contribution in [0, 0.1) is 3.57 Å². The van der Waals surface area contributed by atoms with Crippen LogP contribution in [0.4, 0.5) is 14.6 Å². The first-order valence-electron chi connectivity index (χ1n) is 2.98. The monoisotopic (exact) mass is 286 g/mol. The van der Waals surface area contributed by atoms with Gasteiger partial charge in [0, 0.05) is 9.64 Å². The van der Waals surface area contributed by atoms with E-state index >= 15 is 0 Å². The third kappa shape index (κ3) is 1.74. The zero-order chi connectivity index (χ0) is 9.30. The van der Waals surface area contributed by atoms with Crippen molar-refractivity contribution in [2.45, 2.75) is 6.43 Å². The van der Waals surface area contributed by atoms with E-state index in [2.05, 4.69) is 4.98 Å². The highest BCUT2D eigenvalue weighted by atomic mass is 127. The maximum Gasteiger partial charge on any atom is 0.268 e. The van der Waals surface area contributed by atoms with Crippen molar-refractivity contribution in [1.29, 1.82) is 0 Å². The maximum atomic E-state index is 12.2. The third-order valence-electron chi connectivity index (χ3n) is 1.28. The van der Waals surface area contributed by atoms with Crippen molar-refractivity contribution >= 4 is 28.4 Å². The molecule has 0 saturated carbocycles. The molecule has 0 aliphatic heterocycles. The first kappa shape index (κ1) is 9.43. The number of pyridine rings is 1. The molecule has 0 aliphatic carbocycles. The lowest BCUT2D eigenvalue weighted by Gasteiger charge is -2.05. The second-order valence-electron chi connectivity index (χ2n) is 2.11. The van der Waals surface area contributed by atoms with Crippen molar-refractivity contribution in [3.05, 3.63) is 25.6 Å². The van der Waals surface area contributed by atoms with E-state index in [0.29, 0.717) is 0 Å². The predicted octanol–water partition coefficient (Wildman–Crippen LogP) is 1.50. The summed E-state index contributed by atoms with van der Waals surface area (Å²) in [5.74, 6) is -0.262. The Balaban J connectivity index is 3.38. The van der Waals surface area contributed by atoms with E-state index in [9.17, 15) is 13.6 Å². The first-order valence-corrected chi connectivity index (χ1v) is 4.06. The zero-order valence-electron chi connectivity index (χ0n) is 5.77. The van der Waals surface area contributed by atoms with Gasteiger partial charge in [0.15, 0.2) is 0 Å². The molecule has 0 aromatic carbocycles. The van der Waals surface area contributed by atoms with E-state index in [-0.39, 0.29) is 15.0 Å². The first-order chi connectivity index (χ1) is 5.52. The number of anilines is 1. The van der Waals surface area contributed by atoms with Crippen molar-refractivity contribution < 1.29 is 8.78 Å². The summed E-state index contributed by atoms with van der Waals surface area (Å²) in [7, 11) is 0. The highest BCUT2D eigenvalue weighted by Crippen LogP contribution is 2.26. The Hall–Kier alpha value is -0.660. The number of aromatic amines is 1. The van der Waals surface area contributed by atoms with Gasteiger partial charge in [0.25, 0.3) is 12.0 Å². The molecule has 0 aliphatic rings. The molecule has 3 nitrogen and oxygen atoms in total. The van der Waals surface area contributed by atoms with E-state index in [1.807, 2.05) is 0 Å². The van der Waals surface area contributed by atoms with Gasteiger partial charge in [0.2, 0.25) is 0 Å². The molecule has 1 aromatic heterocycles. The Labute approximate surface area is 80.1 Å². The number of aromatic nitrogens is 1. The van der Waals surface area contributed by atoms with Gasteiger partial charge < -0.3 is 10.7 Å². The number of rotatable bonds is 1. The Morgan fingerprint density at radius 2 is 2.17 bits per heavy atom. The Morgan fingerprint density at radius 3 is 2.58 bits per heavy atom. The van der Waals surface area contributed by atoms with Gasteiger partial charge in [-0.25, -0.2) is 8.78 Å². The van der Waals surface area contributed by atoms with Crippen LogP contribution in [0.3, 0.4) is 0 Å². The molecule has 66 valence electrons. The van der Waals surface area contributed by atoms with Crippen molar-refractivity contribution in [2.75, 3.05) is 5.73 Å². The SMILES string of the molecule is Nc1[nH]c(=O)cc(I)c1C(F)F. The summed E-state index contributed by atoms with van der Waals surface area (Å²) >= 11 is 1.65. The number of halogens is 3. The number of nitrogens with one attached hydrogen (secondary N) is 1. The quantitative estimate of drug-likeness (QED) is 0.769. The molecule has 1 heterocycles. The Bertz CT molecular complexity index is 324. The number of alkyl halides is 2. The van der Waals surface area contributed by atoms with Crippen LogP contribution in [0.2, 0.25) is 0 Å². The lowest BCUT2D eigenvalue weighted by atomic mass is 10.3. The van der Waals surface area contributed by atoms with Gasteiger partial charge >= 0.3 is 0 Å². The summed E-state index contributed by atoms with van der Waals surface area (Å²) < 4.78 is 24.6. The average Bonchev–Trinajstić information content (AvgIpc) is 1.82. The largest absolute Gasteiger partial charge is 0.385 e. The molecule has 0 saturated heterocycles. The summed E-state index contributed by atoms with van der Waals surface area (Å²) in [6.07, 6.45) is -2.66. The second kappa shape index (κ2) is 3.38. The van der Waals surface area contributed by atoms with Crippen LogP contribution in [0.1, 0.15) is 12.0 Å². The fraction of sp³-hybridized carbons (Fsp3) is 0.167. The molecule has 0 unspecified atom stereocenters. The topological polar surface area (TPSA) is 58.9 Å². The number of H-pyrrole nitrogens is 1. The molecule has 3 N–H and O–H groups in total. The number of hydrogen-bond donors (Lipinski definition) is 2. The van der Waals surface area contributed by atoms with Crippen LogP contribution in [0.25, 0.3) is 0 Å². The Kier molecular flexibility index (Phi) is 2.65. The third-order valence-corrected chi connectivity index (χ3v) is 2.17. The predicted molar refractivity (Wildman–Crippen MR) is 49.1 cm³/mol. The van der Waals surface area contributed by atoms with Gasteiger partial charge in [-0.05, 0) is 22.6 Å². The summed E-state index contributed by atoms with van der Waals surface area (Å²) in [6.45, 7) is 0. The molecule has 0 amide bonds. The average molecular weight is 286 g/mol. The van der Waals surface area contributed by atoms with E-state index in [1.165, 1.54) is 0 Å². The van der Waals surface area contributed by atoms with Crippen LogP contribution in [-0.4, -0.2) is 4.98 Å². The lowest BCUT2D eigenvalue weighted by molar-refractivity contribution is 0.151. The minimum atomic E-state index is -2.66. The molecule has 6 heteroatoms. The fourth-order valence-corrected chi connectivity index (χ4v) is 1.59. The molecule has 12 heavy (non-hydrogen) atoms. The fourth-order valence-electron chi connectivity index (χ4n) is 0.779. The van der Waals surface area contributed by atoms with Crippen molar-refractivity contribution in [1.82, 2.24) is 4.98 Å². The molecule has 0 bridgehead atoms. The van der Waals surface area contributed by atoms with E-state index < -0.39 is 12.0 Å². The highest BCUT2D eigenvalue weighted by molar-refractivity contribution is 14.1. The van der Waals surface area contributed by atoms with Gasteiger partial charge in [0.1, 0.15) is 5.82 Å². The summed E-state index contributed by atoms with van der Waals surface area (Å²) in [5.41, 5.74) is 4.40. The molecule has 0 radical (unpaired) electrons. The van der Waals surface area contributed by atoms with Gasteiger partial charge in [-0.3, -0.25) is 4.79 Å². The Morgan fingerprint density at radius 1 is 1.58 bits per heavy atom. The van der Waals surface area contributed by atoms with Gasteiger partial charge in [-0.1, -0.05) is 0 Å². The van der Waals surface area contributed by atoms with Gasteiger partial charge in [-0.15, -0.1) is 0 Å². The standard InChI is InChI=1S/C6H5F2IN2O/c7-5(8)4-2(9)1-3(12)11-6(4)10/h1,5H,(H3,10,11,12). The summed E-state index contributed by atoms with van der Waals surface area (Å²) in [6, 6.07) is 1.08. The minimum absolute atomic E-state index is 0.184. The number of nitrogens with two attached hydrogens (primary N) is 1. The highest BCUT2D eigenvalue weighted by Gasteiger charge is 2.15. The van der Waals surface area contributed by atoms with Crippen LogP contribution in [0.15, 0.2) is 10.9 Å². The zero-order valence-corrected chi connectivity index (χ0v) is 7.93. The second-order valence-corrected chi connectivity index (χ2v) is 3.27. The minimum Gasteiger partial charge on any atom is -0.385 e. The van der Waals surface area contributed by atoms with Crippen LogP contribution < -0.4 is 11.3 Å².